The summed E-state index contributed by atoms with van der Waals surface area (Å²) >= 11 is 22.0. The molecule has 8 rings (SSSR count). The van der Waals surface area contributed by atoms with E-state index in [0.29, 0.717) is 74.5 Å². The van der Waals surface area contributed by atoms with Gasteiger partial charge in [0.15, 0.2) is 0 Å². The number of alkyl halides is 2. The number of rotatable bonds is 21. The molecule has 6 aromatic rings. The van der Waals surface area contributed by atoms with E-state index in [4.69, 9.17) is 44.3 Å². The third-order valence-corrected chi connectivity index (χ3v) is 17.7. The average molecular weight is 1090 g/mol. The van der Waals surface area contributed by atoms with Crippen molar-refractivity contribution >= 4 is 80.1 Å². The Morgan fingerprint density at radius 3 is 1.58 bits per heavy atom. The molecule has 2 fully saturated rings. The predicted molar refractivity (Wildman–Crippen MR) is 287 cm³/mol. The number of halogens is 7. The molecule has 0 radical (unpaired) electrons. The maximum Gasteiger partial charge on any atom is 0.139 e. The number of thioether (sulfide) groups is 2. The molecule has 17 heteroatoms. The number of methoxy groups -OCH3 is 2. The normalized spacial score (nSPS) is 16.8. The highest BCUT2D eigenvalue weighted by atomic mass is 35.5. The first-order valence-corrected chi connectivity index (χ1v) is 27.5. The molecule has 2 aromatic heterocycles. The van der Waals surface area contributed by atoms with Gasteiger partial charge in [0.1, 0.15) is 35.5 Å². The highest BCUT2D eigenvalue weighted by molar-refractivity contribution is 7.99. The molecule has 2 aliphatic heterocycles. The van der Waals surface area contributed by atoms with Crippen molar-refractivity contribution in [1.29, 1.82) is 0 Å². The monoisotopic (exact) mass is 1090 g/mol. The van der Waals surface area contributed by atoms with Crippen molar-refractivity contribution in [2.75, 3.05) is 78.2 Å². The molecule has 0 spiro atoms. The minimum absolute atomic E-state index is 0.00855. The maximum atomic E-state index is 15.6. The molecule has 388 valence electrons. The smallest absolute Gasteiger partial charge is 0.139 e. The van der Waals surface area contributed by atoms with E-state index in [1.807, 2.05) is 36.4 Å². The molecule has 4 aromatic carbocycles. The van der Waals surface area contributed by atoms with Crippen molar-refractivity contribution in [3.05, 3.63) is 129 Å². The van der Waals surface area contributed by atoms with Crippen molar-refractivity contribution in [3.8, 4) is 11.5 Å². The van der Waals surface area contributed by atoms with Crippen LogP contribution in [0.3, 0.4) is 0 Å². The third-order valence-electron chi connectivity index (χ3n) is 14.4. The molecule has 4 heterocycles. The number of aliphatic hydroxyl groups is 2. The summed E-state index contributed by atoms with van der Waals surface area (Å²) in [5, 5.41) is 23.2. The van der Waals surface area contributed by atoms with Crippen molar-refractivity contribution in [2.24, 2.45) is 10.8 Å². The molecule has 0 saturated carbocycles. The Bertz CT molecular complexity index is 2690. The average Bonchev–Trinajstić information content (AvgIpc) is 3.40. The van der Waals surface area contributed by atoms with Gasteiger partial charge in [0.25, 0.3) is 0 Å². The molecule has 2 saturated heterocycles. The molecule has 2 atom stereocenters. The van der Waals surface area contributed by atoms with E-state index in [9.17, 15) is 19.0 Å². The van der Waals surface area contributed by atoms with E-state index in [0.717, 1.165) is 87.0 Å². The number of benzene rings is 4. The number of aromatic nitrogens is 2. The number of piperidine rings is 2. The van der Waals surface area contributed by atoms with Crippen LogP contribution in [0.15, 0.2) is 101 Å². The molecule has 2 aliphatic rings. The third kappa shape index (κ3) is 14.4. The number of pyridine rings is 2. The highest BCUT2D eigenvalue weighted by Gasteiger charge is 2.36. The Morgan fingerprint density at radius 2 is 1.11 bits per heavy atom. The number of ether oxygens (including phenoxy) is 2. The van der Waals surface area contributed by atoms with Gasteiger partial charge in [0.05, 0.1) is 45.2 Å². The Morgan fingerprint density at radius 1 is 0.625 bits per heavy atom. The summed E-state index contributed by atoms with van der Waals surface area (Å²) in [7, 11) is 3.14. The van der Waals surface area contributed by atoms with E-state index in [-0.39, 0.29) is 40.4 Å². The topological polar surface area (TPSA) is 91.2 Å². The molecule has 0 amide bonds. The van der Waals surface area contributed by atoms with Gasteiger partial charge in [-0.05, 0) is 168 Å². The van der Waals surface area contributed by atoms with E-state index in [1.54, 1.807) is 50.2 Å². The zero-order valence-corrected chi connectivity index (χ0v) is 44.6. The van der Waals surface area contributed by atoms with Crippen LogP contribution in [0.25, 0.3) is 21.8 Å². The van der Waals surface area contributed by atoms with E-state index < -0.39 is 24.0 Å². The summed E-state index contributed by atoms with van der Waals surface area (Å²) in [5.41, 5.74) is 1.62. The number of aliphatic hydroxyl groups excluding tert-OH is 2. The van der Waals surface area contributed by atoms with Crippen LogP contribution in [0.5, 0.6) is 11.5 Å². The van der Waals surface area contributed by atoms with E-state index in [2.05, 4.69) is 19.8 Å². The summed E-state index contributed by atoms with van der Waals surface area (Å²) in [6.07, 6.45) is 6.22. The molecule has 72 heavy (non-hydrogen) atoms. The van der Waals surface area contributed by atoms with E-state index in [1.165, 1.54) is 42.4 Å². The van der Waals surface area contributed by atoms with Gasteiger partial charge in [0, 0.05) is 64.7 Å². The molecule has 8 nitrogen and oxygen atoms in total. The fourth-order valence-corrected chi connectivity index (χ4v) is 12.5. The second-order valence-electron chi connectivity index (χ2n) is 18.8. The lowest BCUT2D eigenvalue weighted by Gasteiger charge is -2.41. The van der Waals surface area contributed by atoms with Crippen molar-refractivity contribution in [2.45, 2.75) is 79.9 Å². The molecule has 2 N–H and O–H groups in total. The van der Waals surface area contributed by atoms with Crippen LogP contribution in [0.4, 0.5) is 17.6 Å². The van der Waals surface area contributed by atoms with Gasteiger partial charge in [-0.1, -0.05) is 53.0 Å². The second-order valence-corrected chi connectivity index (χ2v) is 22.3. The van der Waals surface area contributed by atoms with Crippen LogP contribution >= 0.6 is 58.3 Å². The summed E-state index contributed by atoms with van der Waals surface area (Å²) in [4.78, 5) is 14.5. The summed E-state index contributed by atoms with van der Waals surface area (Å²) in [5.74, 6) is 1.78. The van der Waals surface area contributed by atoms with Gasteiger partial charge in [-0.2, -0.15) is 0 Å². The summed E-state index contributed by atoms with van der Waals surface area (Å²) in [6.45, 7) is 5.25. The van der Waals surface area contributed by atoms with Crippen LogP contribution < -0.4 is 9.47 Å². The lowest BCUT2D eigenvalue weighted by Crippen LogP contribution is -2.42. The largest absolute Gasteiger partial charge is 0.497 e. The Balaban J connectivity index is 0.000000212. The number of nitrogens with zero attached hydrogens (tertiary/aromatic N) is 4. The first-order valence-electron chi connectivity index (χ1n) is 24.4. The zero-order chi connectivity index (χ0) is 51.3. The van der Waals surface area contributed by atoms with Crippen LogP contribution in [0.1, 0.15) is 81.3 Å². The number of likely N-dealkylation sites (tertiary alicyclic amines) is 2. The first-order chi connectivity index (χ1) is 34.8. The molecule has 0 bridgehead atoms. The molecular weight excluding hydrogens is 1030 g/mol. The summed E-state index contributed by atoms with van der Waals surface area (Å²) in [6, 6.07) is 22.6. The van der Waals surface area contributed by atoms with Gasteiger partial charge in [-0.25, -0.2) is 17.6 Å². The van der Waals surface area contributed by atoms with Crippen molar-refractivity contribution in [1.82, 2.24) is 19.8 Å². The first kappa shape index (κ1) is 56.2. The van der Waals surface area contributed by atoms with Gasteiger partial charge in [-0.3, -0.25) is 9.97 Å². The predicted octanol–water partition coefficient (Wildman–Crippen LogP) is 14.4. The molecular formula is C55H63Cl3F4N4O4S2. The minimum Gasteiger partial charge on any atom is -0.497 e. The van der Waals surface area contributed by atoms with Crippen LogP contribution in [0, 0.1) is 22.5 Å². The zero-order valence-electron chi connectivity index (χ0n) is 40.7. The minimum atomic E-state index is -1.29. The number of hydrogen-bond donors (Lipinski definition) is 2. The summed E-state index contributed by atoms with van der Waals surface area (Å²) < 4.78 is 69.4. The Labute approximate surface area is 444 Å². The quantitative estimate of drug-likeness (QED) is 0.0413. The Hall–Kier alpha value is -3.57. The maximum absolute atomic E-state index is 15.6. The SMILES string of the molecule is COc1ccc2ncc(Cl)c(C(F)CCC3(CO)CCN(CCCSc4c(F)cccc4F)CC3)c2c1.COc1ccc2ncc(Cl)c(C(F)CCC3(CO)CCN(CCSc4ccccc4Cl)CC3)c2c1. The molecule has 2 unspecified atom stereocenters. The lowest BCUT2D eigenvalue weighted by molar-refractivity contribution is 0.0304. The van der Waals surface area contributed by atoms with Crippen LogP contribution in [-0.2, 0) is 0 Å². The fourth-order valence-electron chi connectivity index (χ4n) is 9.79. The van der Waals surface area contributed by atoms with Gasteiger partial charge >= 0.3 is 0 Å². The van der Waals surface area contributed by atoms with Gasteiger partial charge < -0.3 is 29.5 Å². The number of fused-ring (bicyclic) bond motifs is 2. The molecule has 0 aliphatic carbocycles. The standard InChI is InChI=1S/C28H32ClF3N2O2S.C27H31Cl2FN2O2S/c1-36-19-6-7-25-20(16-19)26(21(29)17-33-25)22(30)8-9-28(18-35)10-13-34(14-11-28)12-3-15-37-27-23(31)4-2-5-24(27)32;1-34-19-6-7-24-20(16-19)26(22(29)17-31-24)23(30)8-9-27(18-33)10-12-32(13-11-27)14-15-35-25-5-3-2-4-21(25)28/h2,4-7,16-17,22,35H,3,8-15,18H2,1H3;2-7,16-17,23,33H,8-15,18H2,1H3. The number of hydrogen-bond acceptors (Lipinski definition) is 10. The highest BCUT2D eigenvalue weighted by Crippen LogP contribution is 2.44. The van der Waals surface area contributed by atoms with Gasteiger partial charge in [0.2, 0.25) is 0 Å². The van der Waals surface area contributed by atoms with Crippen LogP contribution in [0.2, 0.25) is 15.1 Å². The van der Waals surface area contributed by atoms with Crippen LogP contribution in [-0.4, -0.2) is 108 Å². The Kier molecular flexibility index (Phi) is 20.9. The van der Waals surface area contributed by atoms with Crippen molar-refractivity contribution in [3.63, 3.8) is 0 Å². The van der Waals surface area contributed by atoms with Crippen molar-refractivity contribution < 1.29 is 37.2 Å². The van der Waals surface area contributed by atoms with Gasteiger partial charge in [-0.15, -0.1) is 23.5 Å². The van der Waals surface area contributed by atoms with E-state index >= 15 is 8.78 Å². The lowest BCUT2D eigenvalue weighted by atomic mass is 9.74. The second kappa shape index (κ2) is 26.8. The fraction of sp³-hybridized carbons (Fsp3) is 0.455.